The number of rotatable bonds is 13. The molecular formula is C41H64O10Si2. The first-order valence-electron chi connectivity index (χ1n) is 19.9. The van der Waals surface area contributed by atoms with Gasteiger partial charge in [-0.05, 0) is 73.4 Å². The van der Waals surface area contributed by atoms with Crippen LogP contribution in [0.4, 0.5) is 0 Å². The number of carbonyl (C=O) groups is 3. The first-order chi connectivity index (χ1) is 24.9. The molecule has 296 valence electrons. The lowest BCUT2D eigenvalue weighted by Gasteiger charge is -2.68. The van der Waals surface area contributed by atoms with Crippen LogP contribution in [-0.2, 0) is 32.7 Å². The molecule has 1 aliphatic heterocycles. The number of Topliss-reactive ketones (excluding diaryl/α,β-unsaturated/α-hetero) is 1. The molecule has 2 N–H and O–H groups in total. The lowest BCUT2D eigenvalue weighted by atomic mass is 9.44. The summed E-state index contributed by atoms with van der Waals surface area (Å²) >= 11 is 0. The summed E-state index contributed by atoms with van der Waals surface area (Å²) in [6, 6.07) is 13.3. The van der Waals surface area contributed by atoms with E-state index in [1.165, 1.54) is 6.92 Å². The van der Waals surface area contributed by atoms with E-state index in [1.807, 2.05) is 27.7 Å². The first-order valence-corrected chi connectivity index (χ1v) is 25.0. The van der Waals surface area contributed by atoms with E-state index in [2.05, 4.69) is 41.5 Å². The Labute approximate surface area is 318 Å². The Hall–Kier alpha value is -2.20. The molecule has 0 aromatic heterocycles. The average molecular weight is 773 g/mol. The smallest absolute Gasteiger partial charge is 0.338 e. The highest BCUT2D eigenvalue weighted by molar-refractivity contribution is 6.74. The van der Waals surface area contributed by atoms with Gasteiger partial charge in [-0.25, -0.2) is 4.79 Å². The third-order valence-electron chi connectivity index (χ3n) is 14.5. The van der Waals surface area contributed by atoms with Crippen molar-refractivity contribution in [3.05, 3.63) is 47.0 Å². The second-order valence-corrected chi connectivity index (χ2v) is 26.3. The zero-order chi connectivity index (χ0) is 39.4. The van der Waals surface area contributed by atoms with Crippen molar-refractivity contribution in [3.8, 4) is 0 Å². The van der Waals surface area contributed by atoms with Crippen molar-refractivity contribution in [2.45, 2.75) is 167 Å². The molecular weight excluding hydrogens is 709 g/mol. The van der Waals surface area contributed by atoms with Gasteiger partial charge in [-0.3, -0.25) is 9.59 Å². The highest BCUT2D eigenvalue weighted by Crippen LogP contribution is 2.65. The molecule has 2 saturated carbocycles. The molecule has 12 heteroatoms. The minimum atomic E-state index is -2.55. The minimum Gasteiger partial charge on any atom is -0.455 e. The Morgan fingerprint density at radius 1 is 0.906 bits per heavy atom. The molecule has 0 amide bonds. The van der Waals surface area contributed by atoms with E-state index in [0.717, 1.165) is 36.3 Å². The quantitative estimate of drug-likeness (QED) is 0.121. The molecule has 1 heterocycles. The Morgan fingerprint density at radius 3 is 1.94 bits per heavy atom. The van der Waals surface area contributed by atoms with Crippen molar-refractivity contribution < 1.29 is 47.7 Å². The van der Waals surface area contributed by atoms with Gasteiger partial charge < -0.3 is 33.3 Å². The number of aliphatic hydroxyl groups excluding tert-OH is 1. The van der Waals surface area contributed by atoms with Gasteiger partial charge in [0.1, 0.15) is 23.9 Å². The monoisotopic (exact) mass is 772 g/mol. The molecule has 53 heavy (non-hydrogen) atoms. The van der Waals surface area contributed by atoms with Gasteiger partial charge in [-0.1, -0.05) is 73.6 Å². The first kappa shape index (κ1) is 42.0. The topological polar surface area (TPSA) is 138 Å². The summed E-state index contributed by atoms with van der Waals surface area (Å²) in [5.41, 5.74) is -4.81. The third kappa shape index (κ3) is 6.45. The van der Waals surface area contributed by atoms with E-state index in [4.69, 9.17) is 23.1 Å². The molecule has 10 nitrogen and oxygen atoms in total. The summed E-state index contributed by atoms with van der Waals surface area (Å²) in [7, 11) is -4.99. The van der Waals surface area contributed by atoms with Crippen LogP contribution in [0.5, 0.6) is 0 Å². The summed E-state index contributed by atoms with van der Waals surface area (Å²) in [4.78, 5) is 43.8. The third-order valence-corrected chi connectivity index (χ3v) is 23.8. The zero-order valence-corrected chi connectivity index (χ0v) is 35.9. The van der Waals surface area contributed by atoms with Crippen molar-refractivity contribution in [1.29, 1.82) is 0 Å². The Morgan fingerprint density at radius 2 is 1.45 bits per heavy atom. The van der Waals surface area contributed by atoms with Crippen LogP contribution in [0.25, 0.3) is 0 Å². The van der Waals surface area contributed by atoms with Crippen LogP contribution in [0.3, 0.4) is 0 Å². The van der Waals surface area contributed by atoms with Gasteiger partial charge in [-0.15, -0.1) is 0 Å². The fourth-order valence-electron chi connectivity index (χ4n) is 10.4. The predicted octanol–water partition coefficient (Wildman–Crippen LogP) is 7.14. The molecule has 2 bridgehead atoms. The van der Waals surface area contributed by atoms with Gasteiger partial charge in [0.15, 0.2) is 28.0 Å². The van der Waals surface area contributed by atoms with E-state index in [1.54, 1.807) is 30.3 Å². The predicted molar refractivity (Wildman–Crippen MR) is 207 cm³/mol. The van der Waals surface area contributed by atoms with E-state index < -0.39 is 87.0 Å². The van der Waals surface area contributed by atoms with E-state index in [9.17, 15) is 19.8 Å². The van der Waals surface area contributed by atoms with Crippen molar-refractivity contribution in [2.24, 2.45) is 16.7 Å². The Kier molecular flexibility index (Phi) is 11.9. The summed E-state index contributed by atoms with van der Waals surface area (Å²) in [6.07, 6.45) is -5.08. The molecule has 2 unspecified atom stereocenters. The molecule has 1 saturated heterocycles. The Balaban J connectivity index is 1.91. The SMILES string of the molecule is CC[Si](CC)(CC)O[C@H]1C(=O)[C@@]2(C)C(C(OC(=O)c3ccccc3)[C@]3(O)C[C@H](O)C(C)=C1C3(C)C)[C@]1(OC(C)=O)CO[C@@H]1C[C@@H]2O[Si](CC)(CC)CC. The van der Waals surface area contributed by atoms with E-state index in [0.29, 0.717) is 11.1 Å². The van der Waals surface area contributed by atoms with Crippen LogP contribution in [0, 0.1) is 16.7 Å². The van der Waals surface area contributed by atoms with Gasteiger partial charge in [0, 0.05) is 25.2 Å². The normalized spacial score (nSPS) is 35.3. The molecule has 0 spiro atoms. The number of esters is 2. The number of fused-ring (bicyclic) bond motifs is 5. The lowest BCUT2D eigenvalue weighted by Crippen LogP contribution is -2.82. The fraction of sp³-hybridized carbons (Fsp3) is 0.732. The van der Waals surface area contributed by atoms with Gasteiger partial charge >= 0.3 is 11.9 Å². The molecule has 1 aromatic rings. The molecule has 1 aromatic carbocycles. The van der Waals surface area contributed by atoms with Gasteiger partial charge in [-0.2, -0.15) is 0 Å². The number of hydrogen-bond acceptors (Lipinski definition) is 10. The highest BCUT2D eigenvalue weighted by atomic mass is 28.4. The zero-order valence-electron chi connectivity index (χ0n) is 33.9. The number of ketones is 1. The van der Waals surface area contributed by atoms with Crippen molar-refractivity contribution in [2.75, 3.05) is 6.61 Å². The van der Waals surface area contributed by atoms with Crippen molar-refractivity contribution >= 4 is 34.4 Å². The second-order valence-electron chi connectivity index (χ2n) is 16.9. The maximum atomic E-state index is 16.3. The number of carbonyl (C=O) groups excluding carboxylic acids is 3. The van der Waals surface area contributed by atoms with E-state index in [-0.39, 0.29) is 30.8 Å². The summed E-state index contributed by atoms with van der Waals surface area (Å²) in [5, 5.41) is 25.5. The summed E-state index contributed by atoms with van der Waals surface area (Å²) in [5.74, 6) is -2.66. The Bertz CT molecular complexity index is 1550. The van der Waals surface area contributed by atoms with Gasteiger partial charge in [0.25, 0.3) is 0 Å². The van der Waals surface area contributed by atoms with Crippen LogP contribution in [-0.4, -0.2) is 92.9 Å². The molecule has 4 aliphatic rings. The standard InChI is InChI=1S/C41H64O10Si2/c1-12-52(13-2,14-3)50-30-23-31-40(25-47-31,49-27(8)42)34-36(48-37(45)28-21-19-18-20-22-28)41(46)24-29(43)26(7)32(38(41,9)10)33(35(44)39(30,34)11)51-53(15-4,16-5)17-6/h18-22,29-31,33-34,36,43,46H,12-17,23-25H2,1-11H3/t29-,30-,31+,33+,34?,36?,39+,40-,41+/m0/s1. The van der Waals surface area contributed by atoms with Crippen molar-refractivity contribution in [3.63, 3.8) is 0 Å². The van der Waals surface area contributed by atoms with E-state index >= 15 is 4.79 Å². The van der Waals surface area contributed by atoms with Crippen LogP contribution in [0.1, 0.15) is 99.4 Å². The van der Waals surface area contributed by atoms with Crippen LogP contribution >= 0.6 is 0 Å². The molecule has 3 aliphatic carbocycles. The van der Waals surface area contributed by atoms with Gasteiger partial charge in [0.05, 0.1) is 35.7 Å². The summed E-state index contributed by atoms with van der Waals surface area (Å²) < 4.78 is 33.9. The number of ether oxygens (including phenoxy) is 3. The van der Waals surface area contributed by atoms with Gasteiger partial charge in [0.2, 0.25) is 0 Å². The largest absolute Gasteiger partial charge is 0.455 e. The van der Waals surface area contributed by atoms with Crippen LogP contribution < -0.4 is 0 Å². The average Bonchev–Trinajstić information content (AvgIpc) is 3.13. The molecule has 0 radical (unpaired) electrons. The number of aliphatic hydroxyl groups is 2. The number of hydrogen-bond donors (Lipinski definition) is 2. The lowest BCUT2D eigenvalue weighted by molar-refractivity contribution is -0.344. The maximum absolute atomic E-state index is 16.3. The fourth-order valence-corrected chi connectivity index (χ4v) is 16.1. The second kappa shape index (κ2) is 15.0. The van der Waals surface area contributed by atoms with Crippen LogP contribution in [0.15, 0.2) is 41.5 Å². The summed E-state index contributed by atoms with van der Waals surface area (Å²) in [6.45, 7) is 21.4. The molecule has 9 atom stereocenters. The molecule has 3 fully saturated rings. The number of benzene rings is 1. The highest BCUT2D eigenvalue weighted by Gasteiger charge is 2.78. The minimum absolute atomic E-state index is 0.0569. The maximum Gasteiger partial charge on any atom is 0.338 e. The van der Waals surface area contributed by atoms with Crippen molar-refractivity contribution in [1.82, 2.24) is 0 Å². The van der Waals surface area contributed by atoms with Crippen LogP contribution in [0.2, 0.25) is 36.3 Å². The molecule has 5 rings (SSSR count).